The lowest BCUT2D eigenvalue weighted by atomic mass is 10.1. The van der Waals surface area contributed by atoms with Crippen LogP contribution in [0.5, 0.6) is 0 Å². The van der Waals surface area contributed by atoms with Crippen molar-refractivity contribution in [2.45, 2.75) is 40.8 Å². The maximum Gasteiger partial charge on any atom is 0.439 e. The van der Waals surface area contributed by atoms with Gasteiger partial charge in [-0.1, -0.05) is 0 Å². The first-order chi connectivity index (χ1) is 13.5. The van der Waals surface area contributed by atoms with Gasteiger partial charge < -0.3 is 4.90 Å². The molecule has 0 aliphatic heterocycles. The van der Waals surface area contributed by atoms with Crippen LogP contribution in [0.4, 0.5) is 5.69 Å². The summed E-state index contributed by atoms with van der Waals surface area (Å²) in [5.74, 6) is 0. The number of nitrogens with zero attached hydrogens (tertiary/aromatic N) is 3. The van der Waals surface area contributed by atoms with E-state index >= 15 is 0 Å². The fraction of sp³-hybridized carbons (Fsp3) is 0.400. The quantitative estimate of drug-likeness (QED) is 0.691. The Balaban J connectivity index is 2.34. The van der Waals surface area contributed by atoms with Crippen molar-refractivity contribution in [2.24, 2.45) is 0 Å². The smallest absolute Gasteiger partial charge is 0.372 e. The maximum atomic E-state index is 13.0. The van der Waals surface area contributed by atoms with Gasteiger partial charge in [-0.3, -0.25) is 4.79 Å². The van der Waals surface area contributed by atoms with Crippen LogP contribution in [0, 0.1) is 0 Å². The van der Waals surface area contributed by atoms with Gasteiger partial charge in [0.15, 0.2) is 5.39 Å². The number of benzene rings is 1. The fourth-order valence-electron chi connectivity index (χ4n) is 3.59. The van der Waals surface area contributed by atoms with Crippen LogP contribution in [0.25, 0.3) is 22.3 Å². The second-order valence-corrected chi connectivity index (χ2v) is 6.47. The van der Waals surface area contributed by atoms with E-state index in [4.69, 9.17) is 0 Å². The predicted octanol–water partition coefficient (Wildman–Crippen LogP) is 1.22. The number of rotatable bonds is 6. The molecule has 0 radical (unpaired) electrons. The van der Waals surface area contributed by atoms with Crippen molar-refractivity contribution in [2.75, 3.05) is 18.0 Å². The molecule has 1 aromatic carbocycles. The van der Waals surface area contributed by atoms with E-state index in [1.807, 2.05) is 24.3 Å². The van der Waals surface area contributed by atoms with Crippen LogP contribution in [0.1, 0.15) is 27.7 Å². The van der Waals surface area contributed by atoms with Gasteiger partial charge in [0.2, 0.25) is 5.65 Å². The second kappa shape index (κ2) is 7.84. The standard InChI is InChI=1S/C20H25N5O3/c1-5-23(6-2)14-11-9-13(10-12-14)16-15-17(22-19(27)21-16)24(7-3)20(28)25(8-4)18(15)26/h9-12H,5-8H2,1-4H3,(H,21,22,27)/p+1. The Morgan fingerprint density at radius 2 is 1.54 bits per heavy atom. The molecule has 0 atom stereocenters. The predicted molar refractivity (Wildman–Crippen MR) is 110 cm³/mol. The van der Waals surface area contributed by atoms with Crippen LogP contribution in [0.15, 0.2) is 38.6 Å². The Morgan fingerprint density at radius 1 is 0.929 bits per heavy atom. The number of hydrogen-bond acceptors (Lipinski definition) is 4. The molecule has 0 fully saturated rings. The lowest BCUT2D eigenvalue weighted by Gasteiger charge is -2.21. The van der Waals surface area contributed by atoms with Crippen molar-refractivity contribution >= 4 is 16.7 Å². The average Bonchev–Trinajstić information content (AvgIpc) is 2.69. The third-order valence-electron chi connectivity index (χ3n) is 5.07. The van der Waals surface area contributed by atoms with E-state index in [0.717, 1.165) is 18.8 Å². The molecule has 0 saturated carbocycles. The minimum atomic E-state index is -0.467. The van der Waals surface area contributed by atoms with Gasteiger partial charge in [-0.25, -0.2) is 28.7 Å². The number of fused-ring (bicyclic) bond motifs is 1. The minimum Gasteiger partial charge on any atom is -0.372 e. The number of aromatic amines is 2. The van der Waals surface area contributed by atoms with E-state index < -0.39 is 16.9 Å². The SMILES string of the molecule is CCN(CC)c1ccc(-c2[nH]c(=O)[nH+]c3c2c(=O)n(CC)c(=O)n3CC)cc1. The molecule has 28 heavy (non-hydrogen) atoms. The zero-order valence-corrected chi connectivity index (χ0v) is 16.7. The van der Waals surface area contributed by atoms with Crippen molar-refractivity contribution < 1.29 is 4.98 Å². The van der Waals surface area contributed by atoms with Crippen LogP contribution < -0.4 is 26.8 Å². The first-order valence-corrected chi connectivity index (χ1v) is 9.65. The van der Waals surface area contributed by atoms with Gasteiger partial charge in [0.25, 0.3) is 5.56 Å². The molecule has 3 rings (SSSR count). The van der Waals surface area contributed by atoms with Crippen molar-refractivity contribution in [3.05, 3.63) is 55.6 Å². The van der Waals surface area contributed by atoms with Gasteiger partial charge in [-0.2, -0.15) is 0 Å². The molecule has 2 heterocycles. The highest BCUT2D eigenvalue weighted by atomic mass is 16.2. The Bertz CT molecular complexity index is 1170. The van der Waals surface area contributed by atoms with Gasteiger partial charge in [0, 0.05) is 30.9 Å². The Labute approximate surface area is 162 Å². The first-order valence-electron chi connectivity index (χ1n) is 9.65. The summed E-state index contributed by atoms with van der Waals surface area (Å²) >= 11 is 0. The van der Waals surface area contributed by atoms with Crippen LogP contribution in [-0.2, 0) is 13.1 Å². The highest BCUT2D eigenvalue weighted by molar-refractivity contribution is 5.88. The summed E-state index contributed by atoms with van der Waals surface area (Å²) in [6, 6.07) is 7.71. The molecule has 3 aromatic rings. The number of hydrogen-bond donors (Lipinski definition) is 1. The van der Waals surface area contributed by atoms with E-state index in [9.17, 15) is 14.4 Å². The molecule has 0 aliphatic rings. The largest absolute Gasteiger partial charge is 0.439 e. The maximum absolute atomic E-state index is 13.0. The third-order valence-corrected chi connectivity index (χ3v) is 5.07. The Morgan fingerprint density at radius 3 is 2.07 bits per heavy atom. The second-order valence-electron chi connectivity index (χ2n) is 6.47. The number of aryl methyl sites for hydroxylation is 1. The molecule has 2 N–H and O–H groups in total. The molecule has 0 unspecified atom stereocenters. The van der Waals surface area contributed by atoms with Crippen LogP contribution in [0.3, 0.4) is 0 Å². The van der Waals surface area contributed by atoms with E-state index in [-0.39, 0.29) is 12.2 Å². The van der Waals surface area contributed by atoms with E-state index in [0.29, 0.717) is 23.2 Å². The molecule has 148 valence electrons. The van der Waals surface area contributed by atoms with Gasteiger partial charge in [0.05, 0.1) is 6.54 Å². The molecule has 0 saturated heterocycles. The Hall–Kier alpha value is -3.16. The minimum absolute atomic E-state index is 0.244. The molecular formula is C20H26N5O3+. The van der Waals surface area contributed by atoms with Crippen LogP contribution in [-0.4, -0.2) is 27.2 Å². The van der Waals surface area contributed by atoms with Gasteiger partial charge >= 0.3 is 11.4 Å². The van der Waals surface area contributed by atoms with Crippen LogP contribution in [0.2, 0.25) is 0 Å². The molecular weight excluding hydrogens is 358 g/mol. The normalized spacial score (nSPS) is 11.1. The first kappa shape index (κ1) is 19.6. The highest BCUT2D eigenvalue weighted by Crippen LogP contribution is 2.24. The van der Waals surface area contributed by atoms with E-state index in [1.165, 1.54) is 9.13 Å². The number of aromatic nitrogens is 4. The molecule has 8 heteroatoms. The fourth-order valence-corrected chi connectivity index (χ4v) is 3.59. The number of anilines is 1. The zero-order valence-electron chi connectivity index (χ0n) is 16.7. The summed E-state index contributed by atoms with van der Waals surface area (Å²) in [5, 5.41) is 0.304. The van der Waals surface area contributed by atoms with Crippen molar-refractivity contribution in [1.82, 2.24) is 14.1 Å². The molecule has 0 amide bonds. The number of H-pyrrole nitrogens is 2. The lowest BCUT2D eigenvalue weighted by molar-refractivity contribution is -0.374. The molecule has 0 bridgehead atoms. The molecule has 8 nitrogen and oxygen atoms in total. The van der Waals surface area contributed by atoms with E-state index in [2.05, 4.69) is 28.7 Å². The Kier molecular flexibility index (Phi) is 5.48. The highest BCUT2D eigenvalue weighted by Gasteiger charge is 2.22. The summed E-state index contributed by atoms with van der Waals surface area (Å²) < 4.78 is 2.61. The summed E-state index contributed by atoms with van der Waals surface area (Å²) in [7, 11) is 0. The van der Waals surface area contributed by atoms with Crippen molar-refractivity contribution in [1.29, 1.82) is 0 Å². The van der Waals surface area contributed by atoms with Crippen LogP contribution >= 0.6 is 0 Å². The topological polar surface area (TPSA) is 94.2 Å². The third kappa shape index (κ3) is 3.15. The van der Waals surface area contributed by atoms with Gasteiger partial charge in [-0.05, 0) is 52.0 Å². The van der Waals surface area contributed by atoms with Crippen molar-refractivity contribution in [3.8, 4) is 11.3 Å². The monoisotopic (exact) mass is 384 g/mol. The average molecular weight is 384 g/mol. The molecule has 0 aliphatic carbocycles. The number of nitrogens with one attached hydrogen (secondary N) is 2. The van der Waals surface area contributed by atoms with E-state index in [1.54, 1.807) is 13.8 Å². The zero-order chi connectivity index (χ0) is 20.4. The van der Waals surface area contributed by atoms with Gasteiger partial charge in [-0.15, -0.1) is 0 Å². The van der Waals surface area contributed by atoms with Crippen molar-refractivity contribution in [3.63, 3.8) is 0 Å². The van der Waals surface area contributed by atoms with Gasteiger partial charge in [0.1, 0.15) is 5.69 Å². The summed E-state index contributed by atoms with van der Waals surface area (Å²) in [6.45, 7) is 10.1. The molecule has 2 aromatic heterocycles. The summed E-state index contributed by atoms with van der Waals surface area (Å²) in [6.07, 6.45) is 0. The summed E-state index contributed by atoms with van der Waals surface area (Å²) in [4.78, 5) is 45.5. The lowest BCUT2D eigenvalue weighted by Crippen LogP contribution is -2.45. The molecule has 0 spiro atoms. The summed E-state index contributed by atoms with van der Waals surface area (Å²) in [5.41, 5.74) is 1.14.